The standard InChI is InChI=1S/C26H24N4O4/c1-30-24(17-8-5-4-6-9-17)19(20-10-7-15-27-25(20)30)12-14-23(31)28-29-26(32)18-11-13-21(33-2)22(16-18)34-3/h4-16H,1-3H3,(H,28,31)(H,29,32)/b14-12+. The highest BCUT2D eigenvalue weighted by atomic mass is 16.5. The van der Waals surface area contributed by atoms with E-state index in [1.807, 2.05) is 54.1 Å². The van der Waals surface area contributed by atoms with Gasteiger partial charge in [0, 0.05) is 35.8 Å². The molecule has 0 aliphatic carbocycles. The Morgan fingerprint density at radius 3 is 2.44 bits per heavy atom. The summed E-state index contributed by atoms with van der Waals surface area (Å²) in [5, 5.41) is 0.919. The molecule has 8 heteroatoms. The Bertz CT molecular complexity index is 1380. The lowest BCUT2D eigenvalue weighted by molar-refractivity contribution is -0.117. The average Bonchev–Trinajstić information content (AvgIpc) is 3.17. The number of rotatable bonds is 6. The molecule has 0 fully saturated rings. The first-order chi connectivity index (χ1) is 16.5. The minimum absolute atomic E-state index is 0.313. The third kappa shape index (κ3) is 4.47. The number of aryl methyl sites for hydroxylation is 1. The van der Waals surface area contributed by atoms with Crippen LogP contribution in [0.3, 0.4) is 0 Å². The van der Waals surface area contributed by atoms with E-state index in [1.165, 1.54) is 26.4 Å². The molecule has 2 amide bonds. The van der Waals surface area contributed by atoms with Crippen LogP contribution in [-0.4, -0.2) is 35.6 Å². The van der Waals surface area contributed by atoms with Crippen LogP contribution in [0.25, 0.3) is 28.4 Å². The Morgan fingerprint density at radius 1 is 0.941 bits per heavy atom. The van der Waals surface area contributed by atoms with Gasteiger partial charge in [-0.15, -0.1) is 0 Å². The summed E-state index contributed by atoms with van der Waals surface area (Å²) in [6, 6.07) is 18.4. The average molecular weight is 457 g/mol. The van der Waals surface area contributed by atoms with E-state index in [1.54, 1.807) is 24.4 Å². The van der Waals surface area contributed by atoms with E-state index in [9.17, 15) is 9.59 Å². The van der Waals surface area contributed by atoms with Crippen molar-refractivity contribution in [3.05, 3.63) is 84.1 Å². The van der Waals surface area contributed by atoms with Crippen molar-refractivity contribution in [2.24, 2.45) is 7.05 Å². The van der Waals surface area contributed by atoms with Crippen molar-refractivity contribution in [1.29, 1.82) is 0 Å². The molecule has 4 aromatic rings. The highest BCUT2D eigenvalue weighted by Crippen LogP contribution is 2.33. The van der Waals surface area contributed by atoms with Crippen LogP contribution in [0.5, 0.6) is 11.5 Å². The van der Waals surface area contributed by atoms with Crippen LogP contribution in [0.2, 0.25) is 0 Å². The van der Waals surface area contributed by atoms with Gasteiger partial charge in [-0.2, -0.15) is 0 Å². The van der Waals surface area contributed by atoms with E-state index in [0.717, 1.165) is 27.9 Å². The number of amides is 2. The maximum atomic E-state index is 12.5. The van der Waals surface area contributed by atoms with E-state index in [4.69, 9.17) is 9.47 Å². The molecule has 0 saturated heterocycles. The maximum absolute atomic E-state index is 12.5. The summed E-state index contributed by atoms with van der Waals surface area (Å²) in [5.41, 5.74) is 8.74. The van der Waals surface area contributed by atoms with Gasteiger partial charge in [0.25, 0.3) is 11.8 Å². The quantitative estimate of drug-likeness (QED) is 0.341. The molecule has 0 aliphatic heterocycles. The fourth-order valence-electron chi connectivity index (χ4n) is 3.77. The van der Waals surface area contributed by atoms with Gasteiger partial charge in [0.1, 0.15) is 5.65 Å². The van der Waals surface area contributed by atoms with Gasteiger partial charge in [-0.3, -0.25) is 20.4 Å². The number of pyridine rings is 1. The Kier molecular flexibility index (Phi) is 6.59. The normalized spacial score (nSPS) is 10.9. The van der Waals surface area contributed by atoms with Crippen LogP contribution >= 0.6 is 0 Å². The molecule has 2 aromatic heterocycles. The van der Waals surface area contributed by atoms with Crippen LogP contribution in [0.15, 0.2) is 72.9 Å². The molecular formula is C26H24N4O4. The van der Waals surface area contributed by atoms with Crippen LogP contribution in [0.4, 0.5) is 0 Å². The maximum Gasteiger partial charge on any atom is 0.269 e. The van der Waals surface area contributed by atoms with Crippen molar-refractivity contribution in [2.75, 3.05) is 14.2 Å². The molecule has 2 aromatic carbocycles. The summed E-state index contributed by atoms with van der Waals surface area (Å²) in [6.45, 7) is 0. The number of carbonyl (C=O) groups excluding carboxylic acids is 2. The van der Waals surface area contributed by atoms with Gasteiger partial charge >= 0.3 is 0 Å². The number of nitrogens with one attached hydrogen (secondary N) is 2. The fourth-order valence-corrected chi connectivity index (χ4v) is 3.77. The van der Waals surface area contributed by atoms with Crippen LogP contribution in [0, 0.1) is 0 Å². The van der Waals surface area contributed by atoms with Crippen molar-refractivity contribution in [1.82, 2.24) is 20.4 Å². The van der Waals surface area contributed by atoms with E-state index in [-0.39, 0.29) is 0 Å². The Balaban J connectivity index is 1.54. The largest absolute Gasteiger partial charge is 0.493 e. The lowest BCUT2D eigenvalue weighted by Crippen LogP contribution is -2.40. The predicted octanol–water partition coefficient (Wildman–Crippen LogP) is 3.73. The second kappa shape index (κ2) is 9.91. The van der Waals surface area contributed by atoms with Crippen molar-refractivity contribution < 1.29 is 19.1 Å². The molecule has 2 N–H and O–H groups in total. The van der Waals surface area contributed by atoms with Crippen molar-refractivity contribution in [3.8, 4) is 22.8 Å². The van der Waals surface area contributed by atoms with Crippen molar-refractivity contribution in [2.45, 2.75) is 0 Å². The summed E-state index contributed by atoms with van der Waals surface area (Å²) in [5.74, 6) is -0.0417. The van der Waals surface area contributed by atoms with Crippen LogP contribution in [-0.2, 0) is 11.8 Å². The molecule has 0 unspecified atom stereocenters. The Labute approximate surface area is 196 Å². The highest BCUT2D eigenvalue weighted by Gasteiger charge is 2.16. The molecule has 0 aliphatic rings. The predicted molar refractivity (Wildman–Crippen MR) is 130 cm³/mol. The SMILES string of the molecule is COc1ccc(C(=O)NNC(=O)/C=C/c2c(-c3ccccc3)n(C)c3ncccc23)cc1OC. The zero-order chi connectivity index (χ0) is 24.1. The molecule has 4 rings (SSSR count). The van der Waals surface area contributed by atoms with Crippen LogP contribution in [0.1, 0.15) is 15.9 Å². The summed E-state index contributed by atoms with van der Waals surface area (Å²) in [4.78, 5) is 29.4. The molecule has 34 heavy (non-hydrogen) atoms. The van der Waals surface area contributed by atoms with Gasteiger partial charge < -0.3 is 14.0 Å². The number of fused-ring (bicyclic) bond motifs is 1. The van der Waals surface area contributed by atoms with Gasteiger partial charge in [-0.05, 0) is 42.0 Å². The Hall–Kier alpha value is -4.59. The Morgan fingerprint density at radius 2 is 1.71 bits per heavy atom. The number of hydrogen-bond acceptors (Lipinski definition) is 5. The molecule has 172 valence electrons. The summed E-state index contributed by atoms with van der Waals surface area (Å²) < 4.78 is 12.4. The van der Waals surface area contributed by atoms with Crippen LogP contribution < -0.4 is 20.3 Å². The zero-order valence-corrected chi connectivity index (χ0v) is 19.0. The van der Waals surface area contributed by atoms with E-state index < -0.39 is 11.8 Å². The fraction of sp³-hybridized carbons (Fsp3) is 0.115. The first-order valence-corrected chi connectivity index (χ1v) is 10.5. The molecule has 2 heterocycles. The van der Waals surface area contributed by atoms with Gasteiger partial charge in [-0.25, -0.2) is 4.98 Å². The number of methoxy groups -OCH3 is 2. The lowest BCUT2D eigenvalue weighted by atomic mass is 10.1. The number of hydrazine groups is 1. The minimum atomic E-state index is -0.484. The number of aromatic nitrogens is 2. The topological polar surface area (TPSA) is 94.5 Å². The van der Waals surface area contributed by atoms with E-state index in [2.05, 4.69) is 15.8 Å². The molecule has 0 spiro atoms. The zero-order valence-electron chi connectivity index (χ0n) is 19.0. The molecule has 0 saturated carbocycles. The van der Waals surface area contributed by atoms with E-state index >= 15 is 0 Å². The van der Waals surface area contributed by atoms with Gasteiger partial charge in [0.2, 0.25) is 0 Å². The summed E-state index contributed by atoms with van der Waals surface area (Å²) >= 11 is 0. The highest BCUT2D eigenvalue weighted by molar-refractivity contribution is 6.01. The van der Waals surface area contributed by atoms with Crippen molar-refractivity contribution in [3.63, 3.8) is 0 Å². The first kappa shape index (κ1) is 22.6. The minimum Gasteiger partial charge on any atom is -0.493 e. The molecule has 8 nitrogen and oxygen atoms in total. The third-order valence-corrected chi connectivity index (χ3v) is 5.38. The summed E-state index contributed by atoms with van der Waals surface area (Å²) in [6.07, 6.45) is 4.84. The van der Waals surface area contributed by atoms with Gasteiger partial charge in [-0.1, -0.05) is 30.3 Å². The number of benzene rings is 2. The first-order valence-electron chi connectivity index (χ1n) is 10.5. The van der Waals surface area contributed by atoms with Crippen molar-refractivity contribution >= 4 is 28.9 Å². The van der Waals surface area contributed by atoms with Gasteiger partial charge in [0.15, 0.2) is 11.5 Å². The summed E-state index contributed by atoms with van der Waals surface area (Å²) in [7, 11) is 4.94. The van der Waals surface area contributed by atoms with E-state index in [0.29, 0.717) is 17.1 Å². The number of hydrogen-bond donors (Lipinski definition) is 2. The molecule has 0 atom stereocenters. The smallest absolute Gasteiger partial charge is 0.269 e. The second-order valence-corrected chi connectivity index (χ2v) is 7.41. The second-order valence-electron chi connectivity index (χ2n) is 7.41. The monoisotopic (exact) mass is 456 g/mol. The lowest BCUT2D eigenvalue weighted by Gasteiger charge is -2.10. The van der Waals surface area contributed by atoms with Gasteiger partial charge in [0.05, 0.1) is 19.9 Å². The molecule has 0 bridgehead atoms. The number of carbonyl (C=O) groups is 2. The number of ether oxygens (including phenoxy) is 2. The third-order valence-electron chi connectivity index (χ3n) is 5.38. The number of nitrogens with zero attached hydrogens (tertiary/aromatic N) is 2. The molecular weight excluding hydrogens is 432 g/mol. The molecule has 0 radical (unpaired) electrons.